The molecule has 0 aliphatic carbocycles. The Morgan fingerprint density at radius 2 is 2.19 bits per heavy atom. The molecule has 1 aliphatic heterocycles. The second-order valence-corrected chi connectivity index (χ2v) is 5.48. The van der Waals surface area contributed by atoms with Crippen LogP contribution in [-0.4, -0.2) is 27.8 Å². The topological polar surface area (TPSA) is 47.4 Å². The van der Waals surface area contributed by atoms with Gasteiger partial charge in [-0.2, -0.15) is 0 Å². The van der Waals surface area contributed by atoms with E-state index in [9.17, 15) is 4.79 Å². The summed E-state index contributed by atoms with van der Waals surface area (Å²) >= 11 is 3.38. The van der Waals surface area contributed by atoms with Crippen LogP contribution in [0.15, 0.2) is 10.8 Å². The molecule has 0 radical (unpaired) electrons. The van der Waals surface area contributed by atoms with Gasteiger partial charge in [-0.3, -0.25) is 0 Å². The highest BCUT2D eigenvalue weighted by Gasteiger charge is 2.31. The molecule has 1 aromatic rings. The van der Waals surface area contributed by atoms with E-state index >= 15 is 0 Å². The Morgan fingerprint density at radius 1 is 1.50 bits per heavy atom. The molecule has 2 heterocycles. The first-order chi connectivity index (χ1) is 7.38. The predicted molar refractivity (Wildman–Crippen MR) is 63.5 cm³/mol. The van der Waals surface area contributed by atoms with Crippen LogP contribution in [0.2, 0.25) is 0 Å². The van der Waals surface area contributed by atoms with Gasteiger partial charge in [0.15, 0.2) is 0 Å². The van der Waals surface area contributed by atoms with Gasteiger partial charge in [0.25, 0.3) is 0 Å². The van der Waals surface area contributed by atoms with Crippen LogP contribution in [0.4, 0.5) is 10.7 Å². The molecule has 0 bridgehead atoms. The van der Waals surface area contributed by atoms with E-state index < -0.39 is 5.60 Å². The lowest BCUT2D eigenvalue weighted by Crippen LogP contribution is -2.36. The minimum atomic E-state index is -0.478. The molecule has 1 aliphatic rings. The number of hydrogen-bond acceptors (Lipinski definition) is 3. The van der Waals surface area contributed by atoms with Gasteiger partial charge >= 0.3 is 6.09 Å². The van der Waals surface area contributed by atoms with Gasteiger partial charge in [0, 0.05) is 6.54 Å². The molecule has 0 atom stereocenters. The first kappa shape index (κ1) is 11.4. The predicted octanol–water partition coefficient (Wildman–Crippen LogP) is 2.40. The molecule has 0 fully saturated rings. The number of aromatic nitrogens is 2. The Kier molecular flexibility index (Phi) is 2.69. The number of amides is 1. The molecule has 16 heavy (non-hydrogen) atoms. The number of hydrogen-bond donors (Lipinski definition) is 0. The molecule has 2 rings (SSSR count). The summed E-state index contributed by atoms with van der Waals surface area (Å²) in [5.41, 5.74) is -0.478. The first-order valence-corrected chi connectivity index (χ1v) is 5.89. The standard InChI is InChI=1S/C10H14BrN3O2/c1-10(2,3)16-9(15)14-5-4-13-7(11)6-12-8(13)14/h6H,4-5H2,1-3H3. The van der Waals surface area contributed by atoms with Crippen molar-refractivity contribution in [3.05, 3.63) is 10.8 Å². The Balaban J connectivity index is 2.16. The zero-order chi connectivity index (χ0) is 11.9. The number of ether oxygens (including phenoxy) is 1. The summed E-state index contributed by atoms with van der Waals surface area (Å²) in [7, 11) is 0. The van der Waals surface area contributed by atoms with Crippen molar-refractivity contribution in [2.75, 3.05) is 11.4 Å². The summed E-state index contributed by atoms with van der Waals surface area (Å²) in [5.74, 6) is 0.640. The van der Waals surface area contributed by atoms with Crippen LogP contribution in [0.25, 0.3) is 0 Å². The first-order valence-electron chi connectivity index (χ1n) is 5.10. The molecular weight excluding hydrogens is 274 g/mol. The molecule has 1 amide bonds. The minimum absolute atomic E-state index is 0.343. The van der Waals surface area contributed by atoms with Crippen molar-refractivity contribution in [1.29, 1.82) is 0 Å². The second-order valence-electron chi connectivity index (χ2n) is 4.66. The van der Waals surface area contributed by atoms with E-state index in [-0.39, 0.29) is 6.09 Å². The van der Waals surface area contributed by atoms with Crippen molar-refractivity contribution in [3.8, 4) is 0 Å². The maximum absolute atomic E-state index is 11.9. The Bertz CT molecular complexity index is 422. The van der Waals surface area contributed by atoms with Gasteiger partial charge in [0.1, 0.15) is 10.2 Å². The van der Waals surface area contributed by atoms with Crippen molar-refractivity contribution in [2.24, 2.45) is 0 Å². The number of carbonyl (C=O) groups excluding carboxylic acids is 1. The molecule has 1 aromatic heterocycles. The Hall–Kier alpha value is -1.04. The average Bonchev–Trinajstić information content (AvgIpc) is 2.66. The van der Waals surface area contributed by atoms with Crippen molar-refractivity contribution >= 4 is 28.0 Å². The second kappa shape index (κ2) is 3.76. The number of carbonyl (C=O) groups is 1. The van der Waals surface area contributed by atoms with Gasteiger partial charge in [0.05, 0.1) is 12.7 Å². The number of imidazole rings is 1. The summed E-state index contributed by atoms with van der Waals surface area (Å²) < 4.78 is 8.12. The van der Waals surface area contributed by atoms with Gasteiger partial charge in [0.2, 0.25) is 5.95 Å². The largest absolute Gasteiger partial charge is 0.443 e. The molecule has 5 nitrogen and oxygen atoms in total. The lowest BCUT2D eigenvalue weighted by Gasteiger charge is -2.23. The molecule has 0 saturated carbocycles. The monoisotopic (exact) mass is 287 g/mol. The number of rotatable bonds is 0. The maximum Gasteiger partial charge on any atom is 0.417 e. The zero-order valence-electron chi connectivity index (χ0n) is 9.53. The number of nitrogens with zero attached hydrogens (tertiary/aromatic N) is 3. The van der Waals surface area contributed by atoms with Gasteiger partial charge in [-0.05, 0) is 36.7 Å². The van der Waals surface area contributed by atoms with Crippen LogP contribution in [-0.2, 0) is 11.3 Å². The van der Waals surface area contributed by atoms with Crippen molar-refractivity contribution in [1.82, 2.24) is 9.55 Å². The molecular formula is C10H14BrN3O2. The number of fused-ring (bicyclic) bond motifs is 1. The van der Waals surface area contributed by atoms with Crippen molar-refractivity contribution < 1.29 is 9.53 Å². The maximum atomic E-state index is 11.9. The quantitative estimate of drug-likeness (QED) is 0.736. The van der Waals surface area contributed by atoms with Crippen molar-refractivity contribution in [3.63, 3.8) is 0 Å². The number of anilines is 1. The summed E-state index contributed by atoms with van der Waals surface area (Å²) in [6, 6.07) is 0. The molecule has 0 spiro atoms. The lowest BCUT2D eigenvalue weighted by molar-refractivity contribution is 0.0583. The molecule has 0 aromatic carbocycles. The van der Waals surface area contributed by atoms with E-state index in [1.165, 1.54) is 0 Å². The van der Waals surface area contributed by atoms with Crippen molar-refractivity contribution in [2.45, 2.75) is 32.9 Å². The molecule has 0 unspecified atom stereocenters. The van der Waals surface area contributed by atoms with E-state index in [2.05, 4.69) is 20.9 Å². The fraction of sp³-hybridized carbons (Fsp3) is 0.600. The summed E-state index contributed by atoms with van der Waals surface area (Å²) in [5, 5.41) is 0. The van der Waals surface area contributed by atoms with Crippen LogP contribution in [0.5, 0.6) is 0 Å². The minimum Gasteiger partial charge on any atom is -0.443 e. The fourth-order valence-electron chi connectivity index (χ4n) is 1.56. The summed E-state index contributed by atoms with van der Waals surface area (Å²) in [6.07, 6.45) is 1.34. The highest BCUT2D eigenvalue weighted by atomic mass is 79.9. The van der Waals surface area contributed by atoms with Crippen LogP contribution in [0.1, 0.15) is 20.8 Å². The summed E-state index contributed by atoms with van der Waals surface area (Å²) in [6.45, 7) is 6.90. The normalized spacial score (nSPS) is 15.1. The zero-order valence-corrected chi connectivity index (χ0v) is 11.1. The fourth-order valence-corrected chi connectivity index (χ4v) is 2.00. The van der Waals surface area contributed by atoms with Crippen LogP contribution in [0.3, 0.4) is 0 Å². The smallest absolute Gasteiger partial charge is 0.417 e. The van der Waals surface area contributed by atoms with Gasteiger partial charge in [-0.15, -0.1) is 0 Å². The van der Waals surface area contributed by atoms with Gasteiger partial charge < -0.3 is 9.30 Å². The Labute approximate surface area is 103 Å². The Morgan fingerprint density at radius 3 is 2.81 bits per heavy atom. The van der Waals surface area contributed by atoms with E-state index in [1.807, 2.05) is 25.3 Å². The summed E-state index contributed by atoms with van der Waals surface area (Å²) in [4.78, 5) is 17.6. The van der Waals surface area contributed by atoms with Crippen LogP contribution in [0, 0.1) is 0 Å². The highest BCUT2D eigenvalue weighted by Crippen LogP contribution is 2.26. The van der Waals surface area contributed by atoms with Crippen LogP contribution >= 0.6 is 15.9 Å². The SMILES string of the molecule is CC(C)(C)OC(=O)N1CCn2c(Br)cnc21. The molecule has 88 valence electrons. The molecule has 0 N–H and O–H groups in total. The van der Waals surface area contributed by atoms with Crippen LogP contribution < -0.4 is 4.90 Å². The highest BCUT2D eigenvalue weighted by molar-refractivity contribution is 9.10. The third-order valence-corrected chi connectivity index (χ3v) is 2.82. The van der Waals surface area contributed by atoms with E-state index in [1.54, 1.807) is 11.1 Å². The van der Waals surface area contributed by atoms with E-state index in [0.717, 1.165) is 11.1 Å². The molecule has 0 saturated heterocycles. The third kappa shape index (κ3) is 2.07. The van der Waals surface area contributed by atoms with Gasteiger partial charge in [-0.1, -0.05) is 0 Å². The van der Waals surface area contributed by atoms with Gasteiger partial charge in [-0.25, -0.2) is 14.7 Å². The van der Waals surface area contributed by atoms with E-state index in [4.69, 9.17) is 4.74 Å². The number of halogens is 1. The third-order valence-electron chi connectivity index (χ3n) is 2.19. The molecule has 6 heteroatoms. The van der Waals surface area contributed by atoms with E-state index in [0.29, 0.717) is 12.5 Å². The lowest BCUT2D eigenvalue weighted by atomic mass is 10.2. The average molecular weight is 288 g/mol.